The second-order valence-electron chi connectivity index (χ2n) is 5.60. The van der Waals surface area contributed by atoms with Crippen molar-refractivity contribution in [2.24, 2.45) is 5.92 Å². The van der Waals surface area contributed by atoms with Crippen LogP contribution in [0.3, 0.4) is 0 Å². The molecular formula is C15H21N3. The molecule has 0 saturated carbocycles. The molecule has 0 amide bonds. The molecule has 1 saturated heterocycles. The number of piperidine rings is 1. The Bertz CT molecular complexity index is 544. The minimum atomic E-state index is 0.772. The summed E-state index contributed by atoms with van der Waals surface area (Å²) < 4.78 is 2.20. The van der Waals surface area contributed by atoms with Gasteiger partial charge in [-0.15, -0.1) is 0 Å². The maximum absolute atomic E-state index is 4.74. The summed E-state index contributed by atoms with van der Waals surface area (Å²) in [5.41, 5.74) is 3.57. The monoisotopic (exact) mass is 243 g/mol. The predicted molar refractivity (Wildman–Crippen MR) is 73.9 cm³/mol. The lowest BCUT2D eigenvalue weighted by Gasteiger charge is -2.29. The zero-order chi connectivity index (χ0) is 12.5. The molecule has 1 aliphatic heterocycles. The van der Waals surface area contributed by atoms with E-state index in [1.165, 1.54) is 37.3 Å². The van der Waals surface area contributed by atoms with Crippen LogP contribution in [-0.4, -0.2) is 34.4 Å². The molecule has 1 fully saturated rings. The van der Waals surface area contributed by atoms with E-state index in [1.807, 2.05) is 0 Å². The summed E-state index contributed by atoms with van der Waals surface area (Å²) >= 11 is 0. The molecule has 0 aliphatic carbocycles. The number of imidazole rings is 1. The van der Waals surface area contributed by atoms with Gasteiger partial charge in [0.15, 0.2) is 0 Å². The predicted octanol–water partition coefficient (Wildman–Crippen LogP) is 2.53. The average Bonchev–Trinajstić information content (AvgIpc) is 2.73. The molecule has 0 N–H and O–H groups in total. The highest BCUT2D eigenvalue weighted by Crippen LogP contribution is 2.20. The second kappa shape index (κ2) is 4.73. The van der Waals surface area contributed by atoms with Gasteiger partial charge in [-0.2, -0.15) is 0 Å². The summed E-state index contributed by atoms with van der Waals surface area (Å²) in [6.07, 6.45) is 6.00. The lowest BCUT2D eigenvalue weighted by Crippen LogP contribution is -2.33. The van der Waals surface area contributed by atoms with E-state index in [0.717, 1.165) is 18.0 Å². The first-order valence-electron chi connectivity index (χ1n) is 6.84. The first-order chi connectivity index (χ1) is 8.72. The van der Waals surface area contributed by atoms with Crippen LogP contribution in [0.1, 0.15) is 24.2 Å². The number of rotatable bonds is 2. The van der Waals surface area contributed by atoms with Gasteiger partial charge in [-0.1, -0.05) is 6.07 Å². The van der Waals surface area contributed by atoms with Crippen molar-refractivity contribution in [3.8, 4) is 0 Å². The van der Waals surface area contributed by atoms with Crippen molar-refractivity contribution < 1.29 is 0 Å². The third kappa shape index (κ3) is 2.27. The van der Waals surface area contributed by atoms with Gasteiger partial charge in [0.05, 0.1) is 5.69 Å². The van der Waals surface area contributed by atoms with Crippen LogP contribution in [-0.2, 0) is 6.42 Å². The molecule has 2 aromatic rings. The Kier molecular flexibility index (Phi) is 3.08. The average molecular weight is 243 g/mol. The zero-order valence-corrected chi connectivity index (χ0v) is 11.3. The van der Waals surface area contributed by atoms with Gasteiger partial charge in [-0.05, 0) is 57.8 Å². The molecule has 3 nitrogen and oxygen atoms in total. The van der Waals surface area contributed by atoms with Crippen molar-refractivity contribution in [2.75, 3.05) is 20.1 Å². The van der Waals surface area contributed by atoms with Gasteiger partial charge in [0.25, 0.3) is 0 Å². The first-order valence-corrected chi connectivity index (χ1v) is 6.84. The molecule has 0 bridgehead atoms. The molecule has 0 radical (unpaired) electrons. The van der Waals surface area contributed by atoms with Crippen LogP contribution in [0.2, 0.25) is 0 Å². The van der Waals surface area contributed by atoms with Crippen LogP contribution in [0.25, 0.3) is 5.65 Å². The van der Waals surface area contributed by atoms with Crippen LogP contribution in [0, 0.1) is 12.8 Å². The summed E-state index contributed by atoms with van der Waals surface area (Å²) in [4.78, 5) is 7.18. The Labute approximate surface area is 108 Å². The van der Waals surface area contributed by atoms with Gasteiger partial charge >= 0.3 is 0 Å². The number of nitrogens with zero attached hydrogens (tertiary/aromatic N) is 3. The quantitative estimate of drug-likeness (QED) is 0.808. The molecule has 0 spiro atoms. The Hall–Kier alpha value is -1.35. The maximum atomic E-state index is 4.74. The Morgan fingerprint density at radius 1 is 1.39 bits per heavy atom. The van der Waals surface area contributed by atoms with Crippen LogP contribution in [0.4, 0.5) is 0 Å². The van der Waals surface area contributed by atoms with Crippen LogP contribution < -0.4 is 0 Å². The van der Waals surface area contributed by atoms with Crippen molar-refractivity contribution in [3.63, 3.8) is 0 Å². The highest BCUT2D eigenvalue weighted by molar-refractivity contribution is 5.41. The Morgan fingerprint density at radius 3 is 3.06 bits per heavy atom. The molecule has 3 heterocycles. The maximum Gasteiger partial charge on any atom is 0.137 e. The Morgan fingerprint density at radius 2 is 2.28 bits per heavy atom. The molecule has 1 aliphatic rings. The smallest absolute Gasteiger partial charge is 0.137 e. The van der Waals surface area contributed by atoms with Gasteiger partial charge < -0.3 is 9.30 Å². The summed E-state index contributed by atoms with van der Waals surface area (Å²) in [5.74, 6) is 0.772. The van der Waals surface area contributed by atoms with E-state index in [1.54, 1.807) is 0 Å². The lowest BCUT2D eigenvalue weighted by atomic mass is 9.94. The van der Waals surface area contributed by atoms with Crippen LogP contribution in [0.5, 0.6) is 0 Å². The minimum Gasteiger partial charge on any atom is -0.306 e. The lowest BCUT2D eigenvalue weighted by molar-refractivity contribution is 0.208. The number of fused-ring (bicyclic) bond motifs is 1. The summed E-state index contributed by atoms with van der Waals surface area (Å²) in [5, 5.41) is 0. The fourth-order valence-electron chi connectivity index (χ4n) is 3.03. The fourth-order valence-corrected chi connectivity index (χ4v) is 3.03. The Balaban J connectivity index is 1.80. The number of hydrogen-bond donors (Lipinski definition) is 0. The van der Waals surface area contributed by atoms with Crippen molar-refractivity contribution in [1.29, 1.82) is 0 Å². The largest absolute Gasteiger partial charge is 0.306 e. The summed E-state index contributed by atoms with van der Waals surface area (Å²) in [7, 11) is 2.22. The highest BCUT2D eigenvalue weighted by atomic mass is 15.1. The van der Waals surface area contributed by atoms with Gasteiger partial charge in [-0.25, -0.2) is 4.98 Å². The highest BCUT2D eigenvalue weighted by Gasteiger charge is 2.18. The third-order valence-electron chi connectivity index (χ3n) is 3.97. The number of aryl methyl sites for hydroxylation is 1. The van der Waals surface area contributed by atoms with E-state index < -0.39 is 0 Å². The van der Waals surface area contributed by atoms with Crippen molar-refractivity contribution in [3.05, 3.63) is 35.8 Å². The molecule has 1 atom stereocenters. The summed E-state index contributed by atoms with van der Waals surface area (Å²) in [6, 6.07) is 6.30. The molecule has 3 heteroatoms. The molecule has 1 unspecified atom stereocenters. The van der Waals surface area contributed by atoms with Gasteiger partial charge in [0.1, 0.15) is 5.65 Å². The van der Waals surface area contributed by atoms with Crippen molar-refractivity contribution in [1.82, 2.24) is 14.3 Å². The minimum absolute atomic E-state index is 0.772. The number of hydrogen-bond acceptors (Lipinski definition) is 2. The van der Waals surface area contributed by atoms with E-state index in [0.29, 0.717) is 0 Å². The number of likely N-dealkylation sites (tertiary alicyclic amines) is 1. The molecule has 96 valence electrons. The molecule has 0 aromatic carbocycles. The van der Waals surface area contributed by atoms with E-state index in [4.69, 9.17) is 4.98 Å². The zero-order valence-electron chi connectivity index (χ0n) is 11.3. The van der Waals surface area contributed by atoms with Crippen LogP contribution >= 0.6 is 0 Å². The standard InChI is InChI=1S/C15H21N3/c1-12-5-3-7-15-16-14(11-18(12)15)9-13-6-4-8-17(2)10-13/h3,5,7,11,13H,4,6,8-10H2,1-2H3. The SMILES string of the molecule is Cc1cccc2nc(CC3CCCN(C)C3)cn12. The molecular weight excluding hydrogens is 222 g/mol. The van der Waals surface area contributed by atoms with E-state index in [9.17, 15) is 0 Å². The molecule has 18 heavy (non-hydrogen) atoms. The van der Waals surface area contributed by atoms with Crippen molar-refractivity contribution in [2.45, 2.75) is 26.2 Å². The topological polar surface area (TPSA) is 20.5 Å². The molecule has 2 aromatic heterocycles. The number of pyridine rings is 1. The van der Waals surface area contributed by atoms with E-state index in [-0.39, 0.29) is 0 Å². The summed E-state index contributed by atoms with van der Waals surface area (Å²) in [6.45, 7) is 4.60. The van der Waals surface area contributed by atoms with Crippen LogP contribution in [0.15, 0.2) is 24.4 Å². The normalized spacial score (nSPS) is 21.6. The number of aromatic nitrogens is 2. The van der Waals surface area contributed by atoms with E-state index >= 15 is 0 Å². The van der Waals surface area contributed by atoms with Gasteiger partial charge in [0, 0.05) is 18.4 Å². The second-order valence-corrected chi connectivity index (χ2v) is 5.60. The van der Waals surface area contributed by atoms with Crippen molar-refractivity contribution >= 4 is 5.65 Å². The van der Waals surface area contributed by atoms with Gasteiger partial charge in [0.2, 0.25) is 0 Å². The molecule has 3 rings (SSSR count). The first kappa shape index (κ1) is 11.7. The van der Waals surface area contributed by atoms with Gasteiger partial charge in [-0.3, -0.25) is 0 Å². The van der Waals surface area contributed by atoms with E-state index in [2.05, 4.69) is 47.7 Å². The fraction of sp³-hybridized carbons (Fsp3) is 0.533. The third-order valence-corrected chi connectivity index (χ3v) is 3.97.